The third-order valence-electron chi connectivity index (χ3n) is 3.20. The molecule has 1 aromatic rings. The first-order valence-electron chi connectivity index (χ1n) is 6.39. The molecule has 1 saturated heterocycles. The fraction of sp³-hybridized carbons (Fsp3) is 0.500. The molecular formula is C14H19N3O. The number of likely N-dealkylation sites (tertiary alicyclic amines) is 1. The number of benzene rings is 1. The van der Waals surface area contributed by atoms with Crippen molar-refractivity contribution in [2.45, 2.75) is 18.9 Å². The summed E-state index contributed by atoms with van der Waals surface area (Å²) in [5.41, 5.74) is 6.58. The lowest BCUT2D eigenvalue weighted by molar-refractivity contribution is 0.171. The monoisotopic (exact) mass is 245 g/mol. The molecule has 4 heteroatoms. The second kappa shape index (κ2) is 6.39. The molecule has 96 valence electrons. The second-order valence-corrected chi connectivity index (χ2v) is 4.69. The molecule has 0 radical (unpaired) electrons. The van der Waals surface area contributed by atoms with Crippen molar-refractivity contribution in [1.82, 2.24) is 4.90 Å². The summed E-state index contributed by atoms with van der Waals surface area (Å²) in [7, 11) is 0. The Kier molecular flexibility index (Phi) is 4.57. The van der Waals surface area contributed by atoms with Crippen LogP contribution in [0.3, 0.4) is 0 Å². The van der Waals surface area contributed by atoms with Crippen molar-refractivity contribution in [3.8, 4) is 11.8 Å². The summed E-state index contributed by atoms with van der Waals surface area (Å²) in [4.78, 5) is 2.35. The van der Waals surface area contributed by atoms with Gasteiger partial charge in [-0.1, -0.05) is 0 Å². The van der Waals surface area contributed by atoms with E-state index < -0.39 is 0 Å². The zero-order valence-electron chi connectivity index (χ0n) is 10.5. The van der Waals surface area contributed by atoms with Crippen LogP contribution in [0.5, 0.6) is 5.75 Å². The molecule has 0 bridgehead atoms. The first kappa shape index (κ1) is 12.9. The normalized spacial score (nSPS) is 20.3. The van der Waals surface area contributed by atoms with Crippen LogP contribution >= 0.6 is 0 Å². The minimum absolute atomic E-state index is 0.314. The zero-order chi connectivity index (χ0) is 12.8. The summed E-state index contributed by atoms with van der Waals surface area (Å²) in [6.45, 7) is 3.66. The van der Waals surface area contributed by atoms with E-state index in [1.165, 1.54) is 6.42 Å². The number of rotatable bonds is 4. The van der Waals surface area contributed by atoms with Gasteiger partial charge < -0.3 is 10.5 Å². The van der Waals surface area contributed by atoms with Gasteiger partial charge in [-0.25, -0.2) is 0 Å². The highest BCUT2D eigenvalue weighted by atomic mass is 16.5. The SMILES string of the molecule is N#Cc1ccc(OCCN2CCCC(N)C2)cc1. The van der Waals surface area contributed by atoms with E-state index in [0.717, 1.165) is 31.8 Å². The van der Waals surface area contributed by atoms with Crippen molar-refractivity contribution in [2.24, 2.45) is 5.73 Å². The lowest BCUT2D eigenvalue weighted by Gasteiger charge is -2.30. The Balaban J connectivity index is 1.72. The standard InChI is InChI=1S/C14H19N3O/c15-10-12-3-5-14(6-4-12)18-9-8-17-7-1-2-13(16)11-17/h3-6,13H,1-2,7-9,11,16H2. The molecule has 0 amide bonds. The summed E-state index contributed by atoms with van der Waals surface area (Å²) < 4.78 is 5.65. The number of hydrogen-bond acceptors (Lipinski definition) is 4. The lowest BCUT2D eigenvalue weighted by Crippen LogP contribution is -2.44. The van der Waals surface area contributed by atoms with Crippen LogP contribution in [-0.4, -0.2) is 37.2 Å². The fourth-order valence-corrected chi connectivity index (χ4v) is 2.21. The van der Waals surface area contributed by atoms with E-state index in [1.807, 2.05) is 12.1 Å². The van der Waals surface area contributed by atoms with E-state index in [4.69, 9.17) is 15.7 Å². The molecule has 1 fully saturated rings. The van der Waals surface area contributed by atoms with Gasteiger partial charge in [0.15, 0.2) is 0 Å². The topological polar surface area (TPSA) is 62.3 Å². The van der Waals surface area contributed by atoms with E-state index in [1.54, 1.807) is 12.1 Å². The third kappa shape index (κ3) is 3.73. The van der Waals surface area contributed by atoms with Crippen LogP contribution in [-0.2, 0) is 0 Å². The molecule has 1 aliphatic heterocycles. The van der Waals surface area contributed by atoms with Gasteiger partial charge in [0.1, 0.15) is 12.4 Å². The van der Waals surface area contributed by atoms with Crippen molar-refractivity contribution in [3.05, 3.63) is 29.8 Å². The molecule has 0 aromatic heterocycles. The van der Waals surface area contributed by atoms with E-state index in [0.29, 0.717) is 18.2 Å². The van der Waals surface area contributed by atoms with Crippen molar-refractivity contribution >= 4 is 0 Å². The largest absolute Gasteiger partial charge is 0.492 e. The molecular weight excluding hydrogens is 226 g/mol. The van der Waals surface area contributed by atoms with Crippen molar-refractivity contribution in [2.75, 3.05) is 26.2 Å². The predicted molar refractivity (Wildman–Crippen MR) is 70.3 cm³/mol. The van der Waals surface area contributed by atoms with Crippen molar-refractivity contribution in [1.29, 1.82) is 5.26 Å². The van der Waals surface area contributed by atoms with E-state index >= 15 is 0 Å². The summed E-state index contributed by atoms with van der Waals surface area (Å²) in [5, 5.41) is 8.69. The van der Waals surface area contributed by atoms with E-state index in [9.17, 15) is 0 Å². The Bertz CT molecular complexity index is 410. The maximum absolute atomic E-state index is 8.69. The van der Waals surface area contributed by atoms with Crippen LogP contribution in [0, 0.1) is 11.3 Å². The van der Waals surface area contributed by atoms with Gasteiger partial charge in [-0.2, -0.15) is 5.26 Å². The summed E-state index contributed by atoms with van der Waals surface area (Å²) >= 11 is 0. The van der Waals surface area contributed by atoms with Crippen LogP contribution in [0.25, 0.3) is 0 Å². The van der Waals surface area contributed by atoms with Gasteiger partial charge in [0.25, 0.3) is 0 Å². The van der Waals surface area contributed by atoms with E-state index in [-0.39, 0.29) is 0 Å². The Morgan fingerprint density at radius 1 is 1.39 bits per heavy atom. The molecule has 2 rings (SSSR count). The second-order valence-electron chi connectivity index (χ2n) is 4.69. The molecule has 1 aromatic carbocycles. The van der Waals surface area contributed by atoms with Crippen LogP contribution in [0.15, 0.2) is 24.3 Å². The minimum atomic E-state index is 0.314. The molecule has 2 N–H and O–H groups in total. The Labute approximate surface area is 108 Å². The Hall–Kier alpha value is -1.57. The molecule has 4 nitrogen and oxygen atoms in total. The molecule has 18 heavy (non-hydrogen) atoms. The molecule has 0 aliphatic carbocycles. The summed E-state index contributed by atoms with van der Waals surface area (Å²) in [6.07, 6.45) is 2.31. The number of nitrogens with zero attached hydrogens (tertiary/aromatic N) is 2. The maximum atomic E-state index is 8.69. The maximum Gasteiger partial charge on any atom is 0.119 e. The zero-order valence-corrected chi connectivity index (χ0v) is 10.5. The highest BCUT2D eigenvalue weighted by Gasteiger charge is 2.15. The Morgan fingerprint density at radius 3 is 2.83 bits per heavy atom. The minimum Gasteiger partial charge on any atom is -0.492 e. The highest BCUT2D eigenvalue weighted by Crippen LogP contribution is 2.12. The highest BCUT2D eigenvalue weighted by molar-refractivity contribution is 5.34. The molecule has 1 atom stereocenters. The first-order chi connectivity index (χ1) is 8.78. The van der Waals surface area contributed by atoms with Gasteiger partial charge in [0.05, 0.1) is 11.6 Å². The third-order valence-corrected chi connectivity index (χ3v) is 3.20. The van der Waals surface area contributed by atoms with Gasteiger partial charge in [0, 0.05) is 19.1 Å². The van der Waals surface area contributed by atoms with Gasteiger partial charge in [-0.05, 0) is 43.7 Å². The Morgan fingerprint density at radius 2 is 2.17 bits per heavy atom. The summed E-state index contributed by atoms with van der Waals surface area (Å²) in [5.74, 6) is 0.815. The number of ether oxygens (including phenoxy) is 1. The lowest BCUT2D eigenvalue weighted by atomic mass is 10.1. The van der Waals surface area contributed by atoms with Crippen LogP contribution in [0.2, 0.25) is 0 Å². The van der Waals surface area contributed by atoms with Crippen molar-refractivity contribution < 1.29 is 4.74 Å². The predicted octanol–water partition coefficient (Wildman–Crippen LogP) is 1.36. The van der Waals surface area contributed by atoms with Gasteiger partial charge in [0.2, 0.25) is 0 Å². The number of nitriles is 1. The molecule has 0 spiro atoms. The smallest absolute Gasteiger partial charge is 0.119 e. The van der Waals surface area contributed by atoms with Crippen molar-refractivity contribution in [3.63, 3.8) is 0 Å². The number of nitrogens with two attached hydrogens (primary N) is 1. The summed E-state index contributed by atoms with van der Waals surface area (Å²) in [6, 6.07) is 9.61. The first-order valence-corrected chi connectivity index (χ1v) is 6.39. The quantitative estimate of drug-likeness (QED) is 0.870. The molecule has 0 saturated carbocycles. The molecule has 1 heterocycles. The van der Waals surface area contributed by atoms with Crippen LogP contribution < -0.4 is 10.5 Å². The van der Waals surface area contributed by atoms with Gasteiger partial charge in [-0.15, -0.1) is 0 Å². The van der Waals surface area contributed by atoms with Gasteiger partial charge >= 0.3 is 0 Å². The number of hydrogen-bond donors (Lipinski definition) is 1. The van der Waals surface area contributed by atoms with E-state index in [2.05, 4.69) is 11.0 Å². The molecule has 1 unspecified atom stereocenters. The average Bonchev–Trinajstić information content (AvgIpc) is 2.40. The number of piperidine rings is 1. The fourth-order valence-electron chi connectivity index (χ4n) is 2.21. The average molecular weight is 245 g/mol. The molecule has 1 aliphatic rings. The van der Waals surface area contributed by atoms with Crippen LogP contribution in [0.1, 0.15) is 18.4 Å². The van der Waals surface area contributed by atoms with Gasteiger partial charge in [-0.3, -0.25) is 4.90 Å². The van der Waals surface area contributed by atoms with Crippen LogP contribution in [0.4, 0.5) is 0 Å².